The lowest BCUT2D eigenvalue weighted by atomic mass is 9.99. The zero-order valence-corrected chi connectivity index (χ0v) is 51.6. The van der Waals surface area contributed by atoms with Gasteiger partial charge in [0.05, 0.1) is 0 Å². The van der Waals surface area contributed by atoms with Crippen LogP contribution in [0.4, 0.5) is 0 Å². The Hall–Kier alpha value is -3.37. The Balaban J connectivity index is -0.000000136. The molecule has 0 aliphatic heterocycles. The lowest BCUT2D eigenvalue weighted by molar-refractivity contribution is -0.138. The van der Waals surface area contributed by atoms with Crippen molar-refractivity contribution in [2.45, 2.75) is 264 Å². The highest BCUT2D eigenvalue weighted by Crippen LogP contribution is 2.11. The average molecular weight is 1010 g/mol. The van der Waals surface area contributed by atoms with Gasteiger partial charge in [0.25, 0.3) is 0 Å². The quantitative estimate of drug-likeness (QED) is 0.0842. The van der Waals surface area contributed by atoms with Crippen LogP contribution in [0.3, 0.4) is 0 Å². The number of ketones is 7. The molecule has 71 heavy (non-hydrogen) atoms. The second-order valence-electron chi connectivity index (χ2n) is 23.3. The van der Waals surface area contributed by atoms with Crippen molar-refractivity contribution in [3.8, 4) is 0 Å². The monoisotopic (exact) mass is 1010 g/mol. The standard InChI is InChI=1S/C10H20N2O2.C10H18O2.C10H20O.C9H18O.C8H16O.C7H14O.C6H12O/c1-6(2)9(13)12-8(5)10(14)11-7(3)4;1-7(2)5-6-9(11)10(12)8(3)4;1-8(2)6-5-7-10(11)9(3)4;1-7(2)5-6-9(10)8(3)4;1-6(2)5-8(9)7(3)4;1-5(2)7(8)6(3)4;1-4-6(7)5(2)3/h6-8H,1-5H3,(H,11,14)(H,12,13);7-8H,5-6H2,1-4H3;8-9H,5-7H2,1-4H3;7-8H,5-6H2,1-4H3;6-7H,5H2,1-4H3;5-6H,1-4H3;5H,4H2,1-3H3/t8-;;;;;;/m0....../s1. The first-order valence-corrected chi connectivity index (χ1v) is 27.5. The molecular weight excluding hydrogens is 893 g/mol. The van der Waals surface area contributed by atoms with Crippen LogP contribution < -0.4 is 10.6 Å². The summed E-state index contributed by atoms with van der Waals surface area (Å²) in [5.41, 5.74) is 0. The molecule has 0 fully saturated rings. The van der Waals surface area contributed by atoms with Crippen LogP contribution in [0.1, 0.15) is 252 Å². The second kappa shape index (κ2) is 48.9. The van der Waals surface area contributed by atoms with Crippen molar-refractivity contribution in [1.29, 1.82) is 0 Å². The molecule has 0 aliphatic carbocycles. The van der Waals surface area contributed by atoms with E-state index in [9.17, 15) is 43.2 Å². The first-order valence-electron chi connectivity index (χ1n) is 27.5. The van der Waals surface area contributed by atoms with Crippen LogP contribution in [0, 0.1) is 71.0 Å². The third-order valence-electron chi connectivity index (χ3n) is 10.3. The number of nitrogens with one attached hydrogen (secondary N) is 2. The van der Waals surface area contributed by atoms with E-state index in [1.54, 1.807) is 34.6 Å². The summed E-state index contributed by atoms with van der Waals surface area (Å²) in [5, 5.41) is 5.37. The minimum absolute atomic E-state index is 0.0932. The van der Waals surface area contributed by atoms with E-state index in [1.807, 2.05) is 118 Å². The lowest BCUT2D eigenvalue weighted by Gasteiger charge is -2.17. The Morgan fingerprint density at radius 2 is 0.704 bits per heavy atom. The van der Waals surface area contributed by atoms with Crippen molar-refractivity contribution in [1.82, 2.24) is 10.6 Å². The number of hydrogen-bond acceptors (Lipinski definition) is 9. The van der Waals surface area contributed by atoms with Gasteiger partial charge in [-0.1, -0.05) is 180 Å². The minimum atomic E-state index is -0.465. The highest BCUT2D eigenvalue weighted by atomic mass is 16.2. The van der Waals surface area contributed by atoms with Crippen LogP contribution in [-0.4, -0.2) is 64.4 Å². The third kappa shape index (κ3) is 62.7. The molecule has 0 spiro atoms. The van der Waals surface area contributed by atoms with E-state index in [1.165, 1.54) is 6.42 Å². The number of hydrogen-bond donors (Lipinski definition) is 2. The van der Waals surface area contributed by atoms with E-state index >= 15 is 0 Å². The van der Waals surface area contributed by atoms with Gasteiger partial charge in [0.1, 0.15) is 35.0 Å². The van der Waals surface area contributed by atoms with Gasteiger partial charge < -0.3 is 10.6 Å². The van der Waals surface area contributed by atoms with Gasteiger partial charge in [0.2, 0.25) is 17.6 Å². The molecule has 0 rings (SSSR count). The highest BCUT2D eigenvalue weighted by Gasteiger charge is 2.18. The van der Waals surface area contributed by atoms with E-state index < -0.39 is 6.04 Å². The molecule has 0 bridgehead atoms. The smallest absolute Gasteiger partial charge is 0.242 e. The molecule has 0 aliphatic rings. The van der Waals surface area contributed by atoms with Gasteiger partial charge in [-0.3, -0.25) is 43.2 Å². The van der Waals surface area contributed by atoms with Crippen LogP contribution >= 0.6 is 0 Å². The molecule has 0 saturated carbocycles. The van der Waals surface area contributed by atoms with Crippen molar-refractivity contribution in [2.24, 2.45) is 71.0 Å². The van der Waals surface area contributed by atoms with Gasteiger partial charge in [0.15, 0.2) is 5.78 Å². The fourth-order valence-electron chi connectivity index (χ4n) is 5.13. The zero-order chi connectivity index (χ0) is 58.1. The maximum atomic E-state index is 11.4. The van der Waals surface area contributed by atoms with Crippen LogP contribution in [-0.2, 0) is 43.2 Å². The first kappa shape index (κ1) is 81.7. The molecule has 0 heterocycles. The Bertz CT molecular complexity index is 1420. The molecule has 0 unspecified atom stereocenters. The molecule has 11 nitrogen and oxygen atoms in total. The summed E-state index contributed by atoms with van der Waals surface area (Å²) in [6.07, 6.45) is 7.46. The molecule has 11 heteroatoms. The number of carbonyl (C=O) groups excluding carboxylic acids is 9. The van der Waals surface area contributed by atoms with Crippen LogP contribution in [0.15, 0.2) is 0 Å². The summed E-state index contributed by atoms with van der Waals surface area (Å²) in [7, 11) is 0. The summed E-state index contributed by atoms with van der Waals surface area (Å²) in [4.78, 5) is 99.4. The van der Waals surface area contributed by atoms with Crippen molar-refractivity contribution in [3.63, 3.8) is 0 Å². The summed E-state index contributed by atoms with van der Waals surface area (Å²) in [6.45, 7) is 54.7. The molecule has 0 saturated heterocycles. The largest absolute Gasteiger partial charge is 0.352 e. The Kier molecular flexibility index (Phi) is 56.2. The predicted molar refractivity (Wildman–Crippen MR) is 301 cm³/mol. The lowest BCUT2D eigenvalue weighted by Crippen LogP contribution is -2.47. The third-order valence-corrected chi connectivity index (χ3v) is 10.3. The normalized spacial score (nSPS) is 11.2. The summed E-state index contributed by atoms with van der Waals surface area (Å²) in [6, 6.07) is -0.367. The van der Waals surface area contributed by atoms with Crippen LogP contribution in [0.25, 0.3) is 0 Å². The fraction of sp³-hybridized carbons (Fsp3) is 0.850. The first-order chi connectivity index (χ1) is 32.1. The highest BCUT2D eigenvalue weighted by molar-refractivity contribution is 6.37. The van der Waals surface area contributed by atoms with E-state index in [0.29, 0.717) is 59.5 Å². The minimum Gasteiger partial charge on any atom is -0.352 e. The van der Waals surface area contributed by atoms with E-state index in [4.69, 9.17) is 0 Å². The molecule has 0 aromatic rings. The summed E-state index contributed by atoms with van der Waals surface area (Å²) < 4.78 is 0. The molecule has 0 aromatic heterocycles. The van der Waals surface area contributed by atoms with Crippen molar-refractivity contribution < 1.29 is 43.2 Å². The summed E-state index contributed by atoms with van der Waals surface area (Å²) >= 11 is 0. The molecule has 0 aromatic carbocycles. The predicted octanol–water partition coefficient (Wildman–Crippen LogP) is 14.3. The number of amides is 2. The number of carbonyl (C=O) groups is 9. The van der Waals surface area contributed by atoms with Gasteiger partial charge in [-0.25, -0.2) is 0 Å². The molecule has 0 radical (unpaired) electrons. The SMILES string of the molecule is CC(C)C(=O)C(C)C.CC(C)CC(=O)C(C)C.CC(C)CCC(=O)C(=O)C(C)C.CC(C)CCC(=O)C(C)C.CC(C)CCCC(=O)C(C)C.CC(C)NC(=O)[C@H](C)NC(=O)C(C)C.CCC(=O)C(C)C. The average Bonchev–Trinajstić information content (AvgIpc) is 3.23. The van der Waals surface area contributed by atoms with Crippen LogP contribution in [0.2, 0.25) is 0 Å². The van der Waals surface area contributed by atoms with E-state index in [0.717, 1.165) is 44.4 Å². The topological polar surface area (TPSA) is 178 Å². The van der Waals surface area contributed by atoms with Gasteiger partial charge in [-0.05, 0) is 63.7 Å². The van der Waals surface area contributed by atoms with Crippen molar-refractivity contribution in [2.75, 3.05) is 0 Å². The van der Waals surface area contributed by atoms with Crippen molar-refractivity contribution >= 4 is 52.3 Å². The summed E-state index contributed by atoms with van der Waals surface area (Å²) in [5.74, 6) is 4.65. The number of rotatable bonds is 25. The van der Waals surface area contributed by atoms with Gasteiger partial charge in [-0.2, -0.15) is 0 Å². The Labute approximate surface area is 439 Å². The molecule has 2 N–H and O–H groups in total. The Morgan fingerprint density at radius 1 is 0.338 bits per heavy atom. The maximum Gasteiger partial charge on any atom is 0.242 e. The van der Waals surface area contributed by atoms with Gasteiger partial charge in [-0.15, -0.1) is 0 Å². The van der Waals surface area contributed by atoms with E-state index in [-0.39, 0.29) is 76.8 Å². The zero-order valence-electron chi connectivity index (χ0n) is 51.6. The Morgan fingerprint density at radius 3 is 0.944 bits per heavy atom. The van der Waals surface area contributed by atoms with E-state index in [2.05, 4.69) is 52.2 Å². The molecule has 2 amide bonds. The molecule has 1 atom stereocenters. The fourth-order valence-corrected chi connectivity index (χ4v) is 5.13. The number of Topliss-reactive ketones (excluding diaryl/α,β-unsaturated/α-hetero) is 7. The second-order valence-corrected chi connectivity index (χ2v) is 23.3. The van der Waals surface area contributed by atoms with Gasteiger partial charge in [0, 0.05) is 85.5 Å². The van der Waals surface area contributed by atoms with Crippen molar-refractivity contribution in [3.05, 3.63) is 0 Å². The maximum absolute atomic E-state index is 11.4. The van der Waals surface area contributed by atoms with Gasteiger partial charge >= 0.3 is 0 Å². The molecule has 422 valence electrons. The van der Waals surface area contributed by atoms with Crippen LogP contribution in [0.5, 0.6) is 0 Å². The molecular formula is C60H118N2O9.